The maximum Gasteiger partial charge on any atom is 0.336 e. The Labute approximate surface area is 137 Å². The lowest BCUT2D eigenvalue weighted by molar-refractivity contribution is -0.294. The first-order chi connectivity index (χ1) is 11.2. The summed E-state index contributed by atoms with van der Waals surface area (Å²) >= 11 is 0.499. The van der Waals surface area contributed by atoms with Crippen LogP contribution in [0.5, 0.6) is 5.75 Å². The Morgan fingerprint density at radius 1 is 0.917 bits per heavy atom. The molecule has 0 saturated heterocycles. The highest BCUT2D eigenvalue weighted by atomic mass is 32.1. The first-order valence-electron chi connectivity index (χ1n) is 6.57. The molecule has 0 radical (unpaired) electrons. The minimum atomic E-state index is -4.32. The lowest BCUT2D eigenvalue weighted by Gasteiger charge is -2.26. The van der Waals surface area contributed by atoms with Gasteiger partial charge in [-0.15, -0.1) is 11.3 Å². The van der Waals surface area contributed by atoms with Gasteiger partial charge in [0.25, 0.3) is 12.7 Å². The van der Waals surface area contributed by atoms with Gasteiger partial charge in [0.1, 0.15) is 5.75 Å². The average Bonchev–Trinajstić information content (AvgIpc) is 3.10. The van der Waals surface area contributed by atoms with Crippen molar-refractivity contribution in [3.63, 3.8) is 0 Å². The monoisotopic (exact) mass is 370 g/mol. The highest BCUT2D eigenvalue weighted by Crippen LogP contribution is 2.41. The zero-order chi connectivity index (χ0) is 18.0. The van der Waals surface area contributed by atoms with Crippen molar-refractivity contribution in [3.05, 3.63) is 52.2 Å². The van der Waals surface area contributed by atoms with Crippen LogP contribution < -0.4 is 4.74 Å². The van der Waals surface area contributed by atoms with Crippen molar-refractivity contribution in [2.24, 2.45) is 0 Å². The normalized spacial score (nSPS) is 15.1. The van der Waals surface area contributed by atoms with Crippen molar-refractivity contribution in [2.75, 3.05) is 7.11 Å². The van der Waals surface area contributed by atoms with Crippen LogP contribution in [0, 0.1) is 0 Å². The topological polar surface area (TPSA) is 18.5 Å². The molecule has 0 saturated carbocycles. The molecule has 2 atom stereocenters. The molecule has 0 spiro atoms. The zero-order valence-corrected chi connectivity index (χ0v) is 13.0. The molecule has 0 aliphatic rings. The highest BCUT2D eigenvalue weighted by molar-refractivity contribution is 7.10. The second-order valence-electron chi connectivity index (χ2n) is 4.72. The highest BCUT2D eigenvalue weighted by Gasteiger charge is 2.51. The maximum absolute atomic E-state index is 13.9. The number of hydrogen-bond donors (Lipinski definition) is 0. The first-order valence-corrected chi connectivity index (χ1v) is 7.45. The molecule has 2 aromatic rings. The van der Waals surface area contributed by atoms with E-state index in [9.17, 15) is 26.3 Å². The van der Waals surface area contributed by atoms with Gasteiger partial charge < -0.3 is 9.47 Å². The maximum atomic E-state index is 13.9. The van der Waals surface area contributed by atoms with Gasteiger partial charge in [0.15, 0.2) is 0 Å². The smallest absolute Gasteiger partial charge is 0.336 e. The van der Waals surface area contributed by atoms with E-state index in [-0.39, 0.29) is 5.75 Å². The number of alkyl halides is 6. The summed E-state index contributed by atoms with van der Waals surface area (Å²) < 4.78 is 91.0. The van der Waals surface area contributed by atoms with Gasteiger partial charge in [0.2, 0.25) is 0 Å². The molecule has 2 nitrogen and oxygen atoms in total. The fourth-order valence-electron chi connectivity index (χ4n) is 1.80. The SMILES string of the molecule is COc1ccc(C(F)(F)[C@H](F)O[C@@H](F)C(F)(F)c2cccs2)cc1. The van der Waals surface area contributed by atoms with E-state index in [0.29, 0.717) is 11.3 Å². The molecule has 0 aliphatic carbocycles. The lowest BCUT2D eigenvalue weighted by Crippen LogP contribution is -2.38. The molecule has 24 heavy (non-hydrogen) atoms. The summed E-state index contributed by atoms with van der Waals surface area (Å²) in [6, 6.07) is 6.04. The van der Waals surface area contributed by atoms with E-state index >= 15 is 0 Å². The van der Waals surface area contributed by atoms with Gasteiger partial charge >= 0.3 is 11.8 Å². The van der Waals surface area contributed by atoms with E-state index in [1.807, 2.05) is 0 Å². The Kier molecular flexibility index (Phi) is 5.44. The average molecular weight is 370 g/mol. The third-order valence-corrected chi connectivity index (χ3v) is 4.09. The van der Waals surface area contributed by atoms with Gasteiger partial charge in [0, 0.05) is 5.56 Å². The van der Waals surface area contributed by atoms with Gasteiger partial charge in [-0.1, -0.05) is 6.07 Å². The van der Waals surface area contributed by atoms with Crippen LogP contribution in [0.25, 0.3) is 0 Å². The van der Waals surface area contributed by atoms with Crippen LogP contribution in [0.2, 0.25) is 0 Å². The molecule has 1 aromatic carbocycles. The van der Waals surface area contributed by atoms with Crippen LogP contribution in [0.1, 0.15) is 10.4 Å². The second-order valence-corrected chi connectivity index (χ2v) is 5.67. The van der Waals surface area contributed by atoms with E-state index in [1.54, 1.807) is 0 Å². The summed E-state index contributed by atoms with van der Waals surface area (Å²) in [4.78, 5) is -0.755. The molecule has 0 N–H and O–H groups in total. The Balaban J connectivity index is 2.13. The molecule has 132 valence electrons. The number of thiophene rings is 1. The van der Waals surface area contributed by atoms with E-state index in [4.69, 9.17) is 4.74 Å². The third-order valence-electron chi connectivity index (χ3n) is 3.13. The van der Waals surface area contributed by atoms with E-state index in [1.165, 1.54) is 18.6 Å². The van der Waals surface area contributed by atoms with E-state index in [2.05, 4.69) is 4.74 Å². The molecule has 1 heterocycles. The summed E-state index contributed by atoms with van der Waals surface area (Å²) in [5.41, 5.74) is -0.859. The number of hydrogen-bond acceptors (Lipinski definition) is 3. The molecular formula is C15H12F6O2S. The zero-order valence-electron chi connectivity index (χ0n) is 12.2. The Bertz CT molecular complexity index is 644. The summed E-state index contributed by atoms with van der Waals surface area (Å²) in [6.07, 6.45) is -7.15. The predicted molar refractivity (Wildman–Crippen MR) is 76.0 cm³/mol. The number of methoxy groups -OCH3 is 1. The Morgan fingerprint density at radius 2 is 1.50 bits per heavy atom. The molecule has 0 aliphatic heterocycles. The van der Waals surface area contributed by atoms with Crippen LogP contribution in [-0.2, 0) is 16.6 Å². The number of benzene rings is 1. The van der Waals surface area contributed by atoms with Crippen LogP contribution in [0.15, 0.2) is 41.8 Å². The molecular weight excluding hydrogens is 358 g/mol. The Morgan fingerprint density at radius 3 is 2.00 bits per heavy atom. The molecule has 0 unspecified atom stereocenters. The number of halogens is 6. The van der Waals surface area contributed by atoms with Crippen molar-refractivity contribution in [3.8, 4) is 5.75 Å². The van der Waals surface area contributed by atoms with Crippen molar-refractivity contribution < 1.29 is 35.8 Å². The van der Waals surface area contributed by atoms with Gasteiger partial charge in [0.05, 0.1) is 12.0 Å². The lowest BCUT2D eigenvalue weighted by atomic mass is 10.1. The number of ether oxygens (including phenoxy) is 2. The third kappa shape index (κ3) is 3.67. The fraction of sp³-hybridized carbons (Fsp3) is 0.333. The van der Waals surface area contributed by atoms with Crippen LogP contribution >= 0.6 is 11.3 Å². The molecule has 0 amide bonds. The predicted octanol–water partition coefficient (Wildman–Crippen LogP) is 5.25. The molecule has 9 heteroatoms. The molecule has 2 rings (SSSR count). The van der Waals surface area contributed by atoms with Crippen molar-refractivity contribution in [1.82, 2.24) is 0 Å². The van der Waals surface area contributed by atoms with Crippen molar-refractivity contribution >= 4 is 11.3 Å². The Hall–Kier alpha value is -1.74. The van der Waals surface area contributed by atoms with Crippen molar-refractivity contribution in [2.45, 2.75) is 24.6 Å². The molecule has 0 fully saturated rings. The van der Waals surface area contributed by atoms with Crippen molar-refractivity contribution in [1.29, 1.82) is 0 Å². The van der Waals surface area contributed by atoms with Crippen LogP contribution in [0.3, 0.4) is 0 Å². The van der Waals surface area contributed by atoms with Crippen LogP contribution in [-0.4, -0.2) is 19.8 Å². The summed E-state index contributed by atoms with van der Waals surface area (Å²) in [7, 11) is 1.30. The minimum absolute atomic E-state index is 0.235. The van der Waals surface area contributed by atoms with Gasteiger partial charge in [-0.2, -0.15) is 17.6 Å². The molecule has 0 bridgehead atoms. The number of rotatable bonds is 7. The van der Waals surface area contributed by atoms with Gasteiger partial charge in [-0.3, -0.25) is 0 Å². The minimum Gasteiger partial charge on any atom is -0.497 e. The van der Waals surface area contributed by atoms with Gasteiger partial charge in [-0.05, 0) is 35.7 Å². The standard InChI is InChI=1S/C15H12F6O2S/c1-22-10-6-4-9(5-7-10)14(18,19)12(16)23-13(17)15(20,21)11-3-2-8-24-11/h2-8,12-13H,1H3/t12-,13-/m1/s1. The first kappa shape index (κ1) is 18.6. The van der Waals surface area contributed by atoms with Crippen LogP contribution in [0.4, 0.5) is 26.3 Å². The largest absolute Gasteiger partial charge is 0.497 e. The summed E-state index contributed by atoms with van der Waals surface area (Å²) in [5.74, 6) is -8.32. The second kappa shape index (κ2) is 7.02. The molecule has 1 aromatic heterocycles. The van der Waals surface area contributed by atoms with E-state index < -0.39 is 35.0 Å². The fourth-order valence-corrected chi connectivity index (χ4v) is 2.51. The van der Waals surface area contributed by atoms with Gasteiger partial charge in [-0.25, -0.2) is 8.78 Å². The van der Waals surface area contributed by atoms with E-state index in [0.717, 1.165) is 30.3 Å². The quantitative estimate of drug-likeness (QED) is 0.620. The summed E-state index contributed by atoms with van der Waals surface area (Å²) in [5, 5.41) is 1.24. The summed E-state index contributed by atoms with van der Waals surface area (Å²) in [6.45, 7) is 0.